The summed E-state index contributed by atoms with van der Waals surface area (Å²) in [7, 11) is 3.99. The molecule has 0 saturated heterocycles. The molecule has 1 amide bonds. The summed E-state index contributed by atoms with van der Waals surface area (Å²) < 4.78 is 0. The zero-order valence-corrected chi connectivity index (χ0v) is 11.6. The molecule has 1 heterocycles. The van der Waals surface area contributed by atoms with Gasteiger partial charge in [0.25, 0.3) is 0 Å². The molecule has 3 N–H and O–H groups in total. The molecule has 1 aromatic rings. The first-order valence-electron chi connectivity index (χ1n) is 6.79. The van der Waals surface area contributed by atoms with Gasteiger partial charge in [0.1, 0.15) is 0 Å². The van der Waals surface area contributed by atoms with Gasteiger partial charge in [-0.15, -0.1) is 0 Å². The summed E-state index contributed by atoms with van der Waals surface area (Å²) in [5.41, 5.74) is 0.668. The summed E-state index contributed by atoms with van der Waals surface area (Å²) in [6.07, 6.45) is 6.95. The van der Waals surface area contributed by atoms with E-state index in [1.165, 1.54) is 0 Å². The van der Waals surface area contributed by atoms with Crippen molar-refractivity contribution in [1.82, 2.24) is 9.88 Å². The van der Waals surface area contributed by atoms with Crippen LogP contribution in [0, 0.1) is 5.92 Å². The molecule has 1 fully saturated rings. The number of nitrogens with zero attached hydrogens (tertiary/aromatic N) is 1. The van der Waals surface area contributed by atoms with Gasteiger partial charge in [0.05, 0.1) is 12.3 Å². The zero-order valence-electron chi connectivity index (χ0n) is 11.6. The molecule has 5 heteroatoms. The van der Waals surface area contributed by atoms with E-state index < -0.39 is 0 Å². The normalized spacial score (nSPS) is 27.5. The van der Waals surface area contributed by atoms with Gasteiger partial charge in [-0.3, -0.25) is 4.79 Å². The second-order valence-corrected chi connectivity index (χ2v) is 5.64. The highest BCUT2D eigenvalue weighted by Gasteiger charge is 2.38. The molecular formula is C14H23N3O2. The van der Waals surface area contributed by atoms with Gasteiger partial charge < -0.3 is 20.3 Å². The Hall–Kier alpha value is -1.33. The molecule has 0 spiro atoms. The maximum absolute atomic E-state index is 12.1. The van der Waals surface area contributed by atoms with E-state index in [0.29, 0.717) is 0 Å². The van der Waals surface area contributed by atoms with Crippen LogP contribution >= 0.6 is 0 Å². The van der Waals surface area contributed by atoms with Crippen LogP contribution in [0.15, 0.2) is 18.5 Å². The Balaban J connectivity index is 1.91. The van der Waals surface area contributed by atoms with E-state index in [0.717, 1.165) is 31.4 Å². The first-order chi connectivity index (χ1) is 9.07. The van der Waals surface area contributed by atoms with Gasteiger partial charge in [0, 0.05) is 23.9 Å². The maximum atomic E-state index is 12.1. The van der Waals surface area contributed by atoms with Crippen LogP contribution in [0.2, 0.25) is 0 Å². The number of aromatic nitrogens is 1. The second-order valence-electron chi connectivity index (χ2n) is 5.64. The largest absolute Gasteiger partial charge is 0.394 e. The van der Waals surface area contributed by atoms with Crippen molar-refractivity contribution in [2.75, 3.05) is 26.0 Å². The molecule has 0 aliphatic heterocycles. The van der Waals surface area contributed by atoms with Crippen molar-refractivity contribution in [1.29, 1.82) is 0 Å². The Labute approximate surface area is 114 Å². The number of aliphatic hydroxyl groups excluding tert-OH is 1. The van der Waals surface area contributed by atoms with Gasteiger partial charge in [-0.1, -0.05) is 0 Å². The summed E-state index contributed by atoms with van der Waals surface area (Å²) in [5, 5.41) is 12.5. The quantitative estimate of drug-likeness (QED) is 0.771. The molecular weight excluding hydrogens is 242 g/mol. The summed E-state index contributed by atoms with van der Waals surface area (Å²) in [6.45, 7) is 0.159. The van der Waals surface area contributed by atoms with Crippen LogP contribution in [0.25, 0.3) is 0 Å². The minimum Gasteiger partial charge on any atom is -0.394 e. The number of carbonyl (C=O) groups excluding carboxylic acids is 1. The summed E-state index contributed by atoms with van der Waals surface area (Å²) in [5.74, 6) is 0.138. The van der Waals surface area contributed by atoms with Gasteiger partial charge in [0.2, 0.25) is 5.91 Å². The molecule has 106 valence electrons. The third-order valence-electron chi connectivity index (χ3n) is 4.40. The van der Waals surface area contributed by atoms with Gasteiger partial charge in [-0.05, 0) is 45.8 Å². The van der Waals surface area contributed by atoms with E-state index in [-0.39, 0.29) is 24.0 Å². The minimum absolute atomic E-state index is 0.0505. The number of carbonyl (C=O) groups is 1. The van der Waals surface area contributed by atoms with Crippen LogP contribution in [0.4, 0.5) is 5.69 Å². The average molecular weight is 265 g/mol. The molecule has 19 heavy (non-hydrogen) atoms. The molecule has 1 aliphatic carbocycles. The molecule has 0 unspecified atom stereocenters. The molecule has 2 rings (SSSR count). The molecule has 0 bridgehead atoms. The summed E-state index contributed by atoms with van der Waals surface area (Å²) >= 11 is 0. The van der Waals surface area contributed by atoms with E-state index in [2.05, 4.69) is 15.2 Å². The molecule has 5 nitrogen and oxygen atoms in total. The Morgan fingerprint density at radius 1 is 1.53 bits per heavy atom. The van der Waals surface area contributed by atoms with Crippen LogP contribution in [-0.4, -0.2) is 47.1 Å². The number of aromatic amines is 1. The highest BCUT2D eigenvalue weighted by Crippen LogP contribution is 2.35. The number of anilines is 1. The van der Waals surface area contributed by atoms with E-state index in [4.69, 9.17) is 0 Å². The fourth-order valence-corrected chi connectivity index (χ4v) is 2.81. The molecule has 0 aromatic carbocycles. The van der Waals surface area contributed by atoms with Crippen molar-refractivity contribution in [2.24, 2.45) is 5.92 Å². The van der Waals surface area contributed by atoms with E-state index in [1.807, 2.05) is 20.2 Å². The highest BCUT2D eigenvalue weighted by atomic mass is 16.3. The number of hydrogen-bond donors (Lipinski definition) is 3. The number of aliphatic hydroxyl groups is 1. The summed E-state index contributed by atoms with van der Waals surface area (Å²) in [4.78, 5) is 17.1. The van der Waals surface area contributed by atoms with Crippen molar-refractivity contribution in [3.05, 3.63) is 18.5 Å². The molecule has 1 saturated carbocycles. The molecule has 1 aromatic heterocycles. The number of nitrogens with one attached hydrogen (secondary N) is 2. The molecule has 1 aliphatic rings. The van der Waals surface area contributed by atoms with Gasteiger partial charge in [-0.2, -0.15) is 0 Å². The van der Waals surface area contributed by atoms with Crippen LogP contribution < -0.4 is 5.32 Å². The Kier molecular flexibility index (Phi) is 4.27. The third kappa shape index (κ3) is 2.98. The minimum atomic E-state index is -0.148. The van der Waals surface area contributed by atoms with Crippen molar-refractivity contribution in [3.63, 3.8) is 0 Å². The Morgan fingerprint density at radius 2 is 2.21 bits per heavy atom. The molecule has 0 atom stereocenters. The topological polar surface area (TPSA) is 68.4 Å². The Bertz CT molecular complexity index is 406. The fraction of sp³-hybridized carbons (Fsp3) is 0.643. The zero-order chi connectivity index (χ0) is 13.9. The van der Waals surface area contributed by atoms with Crippen LogP contribution in [0.1, 0.15) is 25.7 Å². The third-order valence-corrected chi connectivity index (χ3v) is 4.40. The highest BCUT2D eigenvalue weighted by molar-refractivity contribution is 5.92. The van der Waals surface area contributed by atoms with Crippen molar-refractivity contribution in [3.8, 4) is 0 Å². The number of likely N-dealkylation sites (N-methyl/N-ethyl adjacent to an activating group) is 1. The predicted octanol–water partition coefficient (Wildman–Crippen LogP) is 1.44. The standard InChI is InChI=1S/C14H23N3O2/c1-17(2)14(10-18)6-3-11(4-7-14)13(19)16-12-5-8-15-9-12/h5,8-9,11,15,18H,3-4,6-7,10H2,1-2H3,(H,16,19). The first kappa shape index (κ1) is 14.1. The average Bonchev–Trinajstić information content (AvgIpc) is 2.91. The van der Waals surface area contributed by atoms with Crippen molar-refractivity contribution >= 4 is 11.6 Å². The monoisotopic (exact) mass is 265 g/mol. The number of hydrogen-bond acceptors (Lipinski definition) is 3. The lowest BCUT2D eigenvalue weighted by Gasteiger charge is -2.43. The van der Waals surface area contributed by atoms with Crippen LogP contribution in [0.5, 0.6) is 0 Å². The number of amides is 1. The number of rotatable bonds is 4. The van der Waals surface area contributed by atoms with Gasteiger partial charge >= 0.3 is 0 Å². The van der Waals surface area contributed by atoms with Crippen molar-refractivity contribution in [2.45, 2.75) is 31.2 Å². The van der Waals surface area contributed by atoms with Gasteiger partial charge in [0.15, 0.2) is 0 Å². The predicted molar refractivity (Wildman–Crippen MR) is 74.9 cm³/mol. The van der Waals surface area contributed by atoms with E-state index in [9.17, 15) is 9.90 Å². The second kappa shape index (κ2) is 5.75. The van der Waals surface area contributed by atoms with E-state index in [1.54, 1.807) is 12.4 Å². The maximum Gasteiger partial charge on any atom is 0.227 e. The van der Waals surface area contributed by atoms with Gasteiger partial charge in [-0.25, -0.2) is 0 Å². The smallest absolute Gasteiger partial charge is 0.227 e. The van der Waals surface area contributed by atoms with E-state index >= 15 is 0 Å². The first-order valence-corrected chi connectivity index (χ1v) is 6.79. The van der Waals surface area contributed by atoms with Crippen LogP contribution in [-0.2, 0) is 4.79 Å². The summed E-state index contributed by atoms with van der Waals surface area (Å²) in [6, 6.07) is 1.85. The lowest BCUT2D eigenvalue weighted by Crippen LogP contribution is -2.50. The number of H-pyrrole nitrogens is 1. The lowest BCUT2D eigenvalue weighted by atomic mass is 9.76. The van der Waals surface area contributed by atoms with Crippen LogP contribution in [0.3, 0.4) is 0 Å². The molecule has 0 radical (unpaired) electrons. The fourth-order valence-electron chi connectivity index (χ4n) is 2.81. The Morgan fingerprint density at radius 3 is 2.68 bits per heavy atom. The van der Waals surface area contributed by atoms with Crippen molar-refractivity contribution < 1.29 is 9.90 Å². The lowest BCUT2D eigenvalue weighted by molar-refractivity contribution is -0.122. The SMILES string of the molecule is CN(C)C1(CO)CCC(C(=O)Nc2cc[nH]c2)CC1.